The minimum atomic E-state index is -0.473. The highest BCUT2D eigenvalue weighted by Gasteiger charge is 2.15. The molecule has 4 N–H and O–H groups in total. The number of anilines is 1. The first-order valence-corrected chi connectivity index (χ1v) is 11.6. The molecule has 0 aliphatic rings. The number of hydrogen-bond acceptors (Lipinski definition) is 5. The summed E-state index contributed by atoms with van der Waals surface area (Å²) in [6.07, 6.45) is 0. The lowest BCUT2D eigenvalue weighted by atomic mass is 9.87. The van der Waals surface area contributed by atoms with Crippen molar-refractivity contribution in [1.29, 1.82) is 0 Å². The zero-order valence-corrected chi connectivity index (χ0v) is 21.1. The molecule has 9 heteroatoms. The lowest BCUT2D eigenvalue weighted by Crippen LogP contribution is -2.49. The first-order valence-electron chi connectivity index (χ1n) is 11.2. The highest BCUT2D eigenvalue weighted by atomic mass is 32.1. The van der Waals surface area contributed by atoms with Crippen LogP contribution < -0.4 is 26.2 Å². The lowest BCUT2D eigenvalue weighted by Gasteiger charge is -2.19. The van der Waals surface area contributed by atoms with Gasteiger partial charge in [0.25, 0.3) is 17.7 Å². The van der Waals surface area contributed by atoms with E-state index in [9.17, 15) is 14.4 Å². The molecule has 186 valence electrons. The monoisotopic (exact) mass is 504 g/mol. The van der Waals surface area contributed by atoms with Gasteiger partial charge >= 0.3 is 0 Å². The largest absolute Gasteiger partial charge is 0.484 e. The van der Waals surface area contributed by atoms with Crippen LogP contribution in [0.15, 0.2) is 78.9 Å². The number of carbonyl (C=O) groups excluding carboxylic acids is 3. The van der Waals surface area contributed by atoms with E-state index in [-0.39, 0.29) is 23.0 Å². The maximum absolute atomic E-state index is 12.5. The predicted octanol–water partition coefficient (Wildman–Crippen LogP) is 3.95. The molecule has 36 heavy (non-hydrogen) atoms. The number of rotatable bonds is 6. The Bertz CT molecular complexity index is 1220. The molecule has 0 saturated carbocycles. The van der Waals surface area contributed by atoms with Crippen molar-refractivity contribution in [3.05, 3.63) is 95.6 Å². The second-order valence-electron chi connectivity index (χ2n) is 8.92. The number of para-hydroxylation sites is 1. The standard InChI is InChI=1S/C27H28N4O4S/c1-27(2,3)20-13-9-18(10-14-20)24(33)28-21-15-11-19(12-16-21)25(34)30-31-26(36)29-23(32)17-35-22-7-5-4-6-8-22/h4-16H,17H2,1-3H3,(H,28,33)(H,30,34)(H2,29,31,32,36). The van der Waals surface area contributed by atoms with E-state index < -0.39 is 11.8 Å². The molecule has 0 fully saturated rings. The Hall–Kier alpha value is -4.24. The van der Waals surface area contributed by atoms with Crippen LogP contribution in [0.1, 0.15) is 47.1 Å². The number of benzene rings is 3. The lowest BCUT2D eigenvalue weighted by molar-refractivity contribution is -0.121. The van der Waals surface area contributed by atoms with Crippen LogP contribution in [-0.2, 0) is 10.2 Å². The van der Waals surface area contributed by atoms with E-state index in [1.807, 2.05) is 18.2 Å². The van der Waals surface area contributed by atoms with Crippen molar-refractivity contribution in [2.75, 3.05) is 11.9 Å². The third-order valence-corrected chi connectivity index (χ3v) is 5.28. The summed E-state index contributed by atoms with van der Waals surface area (Å²) in [5, 5.41) is 5.14. The van der Waals surface area contributed by atoms with Crippen molar-refractivity contribution in [3.8, 4) is 5.75 Å². The Balaban J connectivity index is 1.44. The Morgan fingerprint density at radius 3 is 1.97 bits per heavy atom. The molecule has 0 radical (unpaired) electrons. The Morgan fingerprint density at radius 1 is 0.778 bits per heavy atom. The quantitative estimate of drug-likeness (QED) is 0.299. The number of hydrogen-bond donors (Lipinski definition) is 4. The number of nitrogens with one attached hydrogen (secondary N) is 4. The summed E-state index contributed by atoms with van der Waals surface area (Å²) in [5.41, 5.74) is 7.44. The summed E-state index contributed by atoms with van der Waals surface area (Å²) in [6.45, 7) is 6.11. The van der Waals surface area contributed by atoms with Crippen LogP contribution in [0.5, 0.6) is 5.75 Å². The summed E-state index contributed by atoms with van der Waals surface area (Å²) in [6, 6.07) is 22.7. The highest BCUT2D eigenvalue weighted by molar-refractivity contribution is 7.80. The van der Waals surface area contributed by atoms with E-state index in [4.69, 9.17) is 17.0 Å². The van der Waals surface area contributed by atoms with Crippen molar-refractivity contribution < 1.29 is 19.1 Å². The number of amides is 3. The second kappa shape index (κ2) is 11.9. The van der Waals surface area contributed by atoms with Gasteiger partial charge in [0.15, 0.2) is 11.7 Å². The van der Waals surface area contributed by atoms with E-state index in [1.54, 1.807) is 60.7 Å². The number of thiocarbonyl (C=S) groups is 1. The molecule has 0 bridgehead atoms. The minimum absolute atomic E-state index is 0.00633. The van der Waals surface area contributed by atoms with Gasteiger partial charge in [-0.05, 0) is 71.7 Å². The predicted molar refractivity (Wildman–Crippen MR) is 143 cm³/mol. The van der Waals surface area contributed by atoms with Gasteiger partial charge < -0.3 is 10.1 Å². The van der Waals surface area contributed by atoms with Crippen molar-refractivity contribution >= 4 is 40.7 Å². The molecule has 0 aliphatic heterocycles. The molecule has 0 atom stereocenters. The summed E-state index contributed by atoms with van der Waals surface area (Å²) in [7, 11) is 0. The van der Waals surface area contributed by atoms with Gasteiger partial charge in [0, 0.05) is 16.8 Å². The molecule has 0 spiro atoms. The highest BCUT2D eigenvalue weighted by Crippen LogP contribution is 2.22. The average Bonchev–Trinajstić information content (AvgIpc) is 2.86. The first-order chi connectivity index (χ1) is 17.1. The van der Waals surface area contributed by atoms with E-state index >= 15 is 0 Å². The van der Waals surface area contributed by atoms with Crippen LogP contribution >= 0.6 is 12.2 Å². The fourth-order valence-electron chi connectivity index (χ4n) is 3.08. The second-order valence-corrected chi connectivity index (χ2v) is 9.33. The molecule has 0 heterocycles. The molecule has 3 aromatic carbocycles. The summed E-state index contributed by atoms with van der Waals surface area (Å²) >= 11 is 5.01. The Morgan fingerprint density at radius 2 is 1.36 bits per heavy atom. The number of hydrazine groups is 1. The maximum Gasteiger partial charge on any atom is 0.269 e. The molecular weight excluding hydrogens is 476 g/mol. The van der Waals surface area contributed by atoms with Crippen molar-refractivity contribution in [1.82, 2.24) is 16.2 Å². The van der Waals surface area contributed by atoms with Gasteiger partial charge in [0.1, 0.15) is 5.75 Å². The first kappa shape index (κ1) is 26.4. The van der Waals surface area contributed by atoms with Crippen molar-refractivity contribution in [2.45, 2.75) is 26.2 Å². The van der Waals surface area contributed by atoms with E-state index in [0.29, 0.717) is 22.6 Å². The van der Waals surface area contributed by atoms with Crippen LogP contribution in [0.3, 0.4) is 0 Å². The van der Waals surface area contributed by atoms with E-state index in [0.717, 1.165) is 5.56 Å². The average molecular weight is 505 g/mol. The number of ether oxygens (including phenoxy) is 1. The Labute approximate surface area is 215 Å². The topological polar surface area (TPSA) is 109 Å². The summed E-state index contributed by atoms with van der Waals surface area (Å²) in [4.78, 5) is 36.8. The van der Waals surface area contributed by atoms with Gasteiger partial charge in [0.2, 0.25) is 0 Å². The third kappa shape index (κ3) is 7.92. The van der Waals surface area contributed by atoms with E-state index in [2.05, 4.69) is 42.3 Å². The van der Waals surface area contributed by atoms with Gasteiger partial charge in [-0.25, -0.2) is 0 Å². The van der Waals surface area contributed by atoms with Crippen LogP contribution in [0, 0.1) is 0 Å². The summed E-state index contributed by atoms with van der Waals surface area (Å²) in [5.74, 6) is -0.633. The fourth-order valence-corrected chi connectivity index (χ4v) is 3.24. The number of carbonyl (C=O) groups is 3. The van der Waals surface area contributed by atoms with Crippen molar-refractivity contribution in [3.63, 3.8) is 0 Å². The SMILES string of the molecule is CC(C)(C)c1ccc(C(=O)Nc2ccc(C(=O)NNC(=S)NC(=O)COc3ccccc3)cc2)cc1. The molecule has 8 nitrogen and oxygen atoms in total. The zero-order valence-electron chi connectivity index (χ0n) is 20.3. The smallest absolute Gasteiger partial charge is 0.269 e. The van der Waals surface area contributed by atoms with Crippen LogP contribution in [-0.4, -0.2) is 29.4 Å². The zero-order chi connectivity index (χ0) is 26.1. The molecule has 3 rings (SSSR count). The molecule has 3 aromatic rings. The molecule has 0 aromatic heterocycles. The normalized spacial score (nSPS) is 10.6. The van der Waals surface area contributed by atoms with Crippen LogP contribution in [0.25, 0.3) is 0 Å². The molecular formula is C27H28N4O4S. The molecule has 0 unspecified atom stereocenters. The molecule has 0 aliphatic carbocycles. The van der Waals surface area contributed by atoms with Crippen LogP contribution in [0.4, 0.5) is 5.69 Å². The van der Waals surface area contributed by atoms with Gasteiger partial charge in [-0.1, -0.05) is 51.1 Å². The van der Waals surface area contributed by atoms with Gasteiger partial charge in [-0.3, -0.25) is 30.6 Å². The van der Waals surface area contributed by atoms with Crippen molar-refractivity contribution in [2.24, 2.45) is 0 Å². The van der Waals surface area contributed by atoms with Crippen LogP contribution in [0.2, 0.25) is 0 Å². The van der Waals surface area contributed by atoms with Gasteiger partial charge in [-0.2, -0.15) is 0 Å². The maximum atomic E-state index is 12.5. The molecule has 3 amide bonds. The van der Waals surface area contributed by atoms with E-state index in [1.165, 1.54) is 0 Å². The third-order valence-electron chi connectivity index (χ3n) is 5.07. The van der Waals surface area contributed by atoms with Gasteiger partial charge in [0.05, 0.1) is 0 Å². The summed E-state index contributed by atoms with van der Waals surface area (Å²) < 4.78 is 5.33. The minimum Gasteiger partial charge on any atom is -0.484 e. The van der Waals surface area contributed by atoms with Gasteiger partial charge in [-0.15, -0.1) is 0 Å². The Kier molecular flexibility index (Phi) is 8.75. The fraction of sp³-hybridized carbons (Fsp3) is 0.185. The molecule has 0 saturated heterocycles.